The summed E-state index contributed by atoms with van der Waals surface area (Å²) in [5.41, 5.74) is 1.54. The molecule has 2 amide bonds. The summed E-state index contributed by atoms with van der Waals surface area (Å²) in [7, 11) is 0. The molecule has 0 atom stereocenters. The SMILES string of the molecule is C=CCOc1c(Cl)cc(/C=C2/SC(=O)N(Cc3ccc(I)cc3)C2=O)cc1OCC. The Morgan fingerprint density at radius 2 is 1.93 bits per heavy atom. The summed E-state index contributed by atoms with van der Waals surface area (Å²) in [5, 5.41) is 0.0547. The van der Waals surface area contributed by atoms with Crippen LogP contribution in [-0.2, 0) is 11.3 Å². The molecule has 0 saturated carbocycles. The molecule has 1 aliphatic heterocycles. The fraction of sp³-hybridized carbons (Fsp3) is 0.182. The van der Waals surface area contributed by atoms with Gasteiger partial charge in [-0.2, -0.15) is 0 Å². The first-order valence-electron chi connectivity index (χ1n) is 9.12. The lowest BCUT2D eigenvalue weighted by Crippen LogP contribution is -2.27. The maximum absolute atomic E-state index is 12.8. The van der Waals surface area contributed by atoms with Crippen LogP contribution < -0.4 is 9.47 Å². The van der Waals surface area contributed by atoms with Crippen molar-refractivity contribution in [3.05, 3.63) is 73.7 Å². The number of amides is 2. The van der Waals surface area contributed by atoms with Crippen LogP contribution in [0.3, 0.4) is 0 Å². The number of hydrogen-bond acceptors (Lipinski definition) is 5. The Hall–Kier alpha value is -1.97. The zero-order chi connectivity index (χ0) is 21.7. The molecule has 1 saturated heterocycles. The third-order valence-electron chi connectivity index (χ3n) is 4.10. The highest BCUT2D eigenvalue weighted by atomic mass is 127. The lowest BCUT2D eigenvalue weighted by molar-refractivity contribution is -0.123. The van der Waals surface area contributed by atoms with E-state index in [1.807, 2.05) is 31.2 Å². The van der Waals surface area contributed by atoms with Crippen LogP contribution in [0.15, 0.2) is 54.0 Å². The number of hydrogen-bond donors (Lipinski definition) is 0. The van der Waals surface area contributed by atoms with Crippen LogP contribution in [0.1, 0.15) is 18.1 Å². The Bertz CT molecular complexity index is 1010. The molecular weight excluding hydrogens is 537 g/mol. The van der Waals surface area contributed by atoms with E-state index in [0.29, 0.717) is 33.6 Å². The number of carbonyl (C=O) groups excluding carboxylic acids is 2. The monoisotopic (exact) mass is 555 g/mol. The molecule has 2 aromatic rings. The van der Waals surface area contributed by atoms with Gasteiger partial charge >= 0.3 is 0 Å². The second-order valence-electron chi connectivity index (χ2n) is 6.26. The van der Waals surface area contributed by atoms with E-state index >= 15 is 0 Å². The number of imide groups is 1. The highest BCUT2D eigenvalue weighted by molar-refractivity contribution is 14.1. The minimum absolute atomic E-state index is 0.234. The molecule has 156 valence electrons. The maximum atomic E-state index is 12.8. The Kier molecular flexibility index (Phi) is 7.85. The second-order valence-corrected chi connectivity index (χ2v) is 8.90. The molecule has 3 rings (SSSR count). The molecular formula is C22H19ClINO4S. The number of thioether (sulfide) groups is 1. The molecule has 0 unspecified atom stereocenters. The summed E-state index contributed by atoms with van der Waals surface area (Å²) in [6, 6.07) is 11.1. The van der Waals surface area contributed by atoms with E-state index in [4.69, 9.17) is 21.1 Å². The number of ether oxygens (including phenoxy) is 2. The third kappa shape index (κ3) is 5.39. The molecule has 0 bridgehead atoms. The van der Waals surface area contributed by atoms with Crippen molar-refractivity contribution in [1.82, 2.24) is 4.90 Å². The third-order valence-corrected chi connectivity index (χ3v) is 6.01. The van der Waals surface area contributed by atoms with Gasteiger partial charge in [0.2, 0.25) is 0 Å². The van der Waals surface area contributed by atoms with Crippen molar-refractivity contribution in [1.29, 1.82) is 0 Å². The van der Waals surface area contributed by atoms with Crippen molar-refractivity contribution in [2.45, 2.75) is 13.5 Å². The van der Waals surface area contributed by atoms with Gasteiger partial charge in [0.05, 0.1) is 23.1 Å². The van der Waals surface area contributed by atoms with Gasteiger partial charge in [0.1, 0.15) is 6.61 Å². The summed E-state index contributed by atoms with van der Waals surface area (Å²) in [4.78, 5) is 26.8. The van der Waals surface area contributed by atoms with Crippen LogP contribution in [0.5, 0.6) is 11.5 Å². The minimum atomic E-state index is -0.329. The smallest absolute Gasteiger partial charge is 0.293 e. The van der Waals surface area contributed by atoms with Crippen molar-refractivity contribution in [2.24, 2.45) is 0 Å². The topological polar surface area (TPSA) is 55.8 Å². The van der Waals surface area contributed by atoms with Crippen LogP contribution >= 0.6 is 46.0 Å². The summed E-state index contributed by atoms with van der Waals surface area (Å²) >= 11 is 9.49. The molecule has 8 heteroatoms. The van der Waals surface area contributed by atoms with Crippen LogP contribution in [0, 0.1) is 3.57 Å². The highest BCUT2D eigenvalue weighted by Crippen LogP contribution is 2.39. The summed E-state index contributed by atoms with van der Waals surface area (Å²) in [5.74, 6) is 0.559. The van der Waals surface area contributed by atoms with Gasteiger partial charge in [0.25, 0.3) is 11.1 Å². The summed E-state index contributed by atoms with van der Waals surface area (Å²) < 4.78 is 12.3. The Balaban J connectivity index is 1.85. The zero-order valence-electron chi connectivity index (χ0n) is 16.2. The number of benzene rings is 2. The van der Waals surface area contributed by atoms with Crippen molar-refractivity contribution in [2.75, 3.05) is 13.2 Å². The van der Waals surface area contributed by atoms with E-state index in [0.717, 1.165) is 20.9 Å². The first-order valence-corrected chi connectivity index (χ1v) is 11.4. The Labute approximate surface area is 198 Å². The second kappa shape index (κ2) is 10.4. The Morgan fingerprint density at radius 3 is 2.60 bits per heavy atom. The predicted molar refractivity (Wildman–Crippen MR) is 129 cm³/mol. The average molecular weight is 556 g/mol. The first-order chi connectivity index (χ1) is 14.4. The van der Waals surface area contributed by atoms with Gasteiger partial charge in [0.15, 0.2) is 11.5 Å². The van der Waals surface area contributed by atoms with Crippen LogP contribution in [0.2, 0.25) is 5.02 Å². The van der Waals surface area contributed by atoms with Gasteiger partial charge < -0.3 is 9.47 Å². The molecule has 0 N–H and O–H groups in total. The van der Waals surface area contributed by atoms with Crippen molar-refractivity contribution < 1.29 is 19.1 Å². The number of halogens is 2. The average Bonchev–Trinajstić information content (AvgIpc) is 2.96. The van der Waals surface area contributed by atoms with Crippen molar-refractivity contribution in [3.63, 3.8) is 0 Å². The molecule has 0 aromatic heterocycles. The lowest BCUT2D eigenvalue weighted by atomic mass is 10.1. The molecule has 5 nitrogen and oxygen atoms in total. The largest absolute Gasteiger partial charge is 0.490 e. The lowest BCUT2D eigenvalue weighted by Gasteiger charge is -2.14. The van der Waals surface area contributed by atoms with E-state index in [2.05, 4.69) is 29.2 Å². The van der Waals surface area contributed by atoms with Gasteiger partial charge in [-0.15, -0.1) is 0 Å². The molecule has 1 fully saturated rings. The van der Waals surface area contributed by atoms with E-state index in [-0.39, 0.29) is 24.3 Å². The summed E-state index contributed by atoms with van der Waals surface area (Å²) in [6.45, 7) is 6.43. The predicted octanol–water partition coefficient (Wildman–Crippen LogP) is 6.14. The normalized spacial score (nSPS) is 15.0. The highest BCUT2D eigenvalue weighted by Gasteiger charge is 2.35. The number of nitrogens with zero attached hydrogens (tertiary/aromatic N) is 1. The van der Waals surface area contributed by atoms with Crippen LogP contribution in [0.25, 0.3) is 6.08 Å². The molecule has 2 aromatic carbocycles. The van der Waals surface area contributed by atoms with Gasteiger partial charge in [-0.05, 0) is 82.7 Å². The van der Waals surface area contributed by atoms with Crippen molar-refractivity contribution in [3.8, 4) is 11.5 Å². The fourth-order valence-electron chi connectivity index (χ4n) is 2.78. The number of carbonyl (C=O) groups is 2. The van der Waals surface area contributed by atoms with E-state index in [9.17, 15) is 9.59 Å². The van der Waals surface area contributed by atoms with E-state index in [1.54, 1.807) is 24.3 Å². The zero-order valence-corrected chi connectivity index (χ0v) is 19.9. The van der Waals surface area contributed by atoms with Crippen LogP contribution in [0.4, 0.5) is 4.79 Å². The molecule has 30 heavy (non-hydrogen) atoms. The maximum Gasteiger partial charge on any atom is 0.293 e. The molecule has 0 radical (unpaired) electrons. The quantitative estimate of drug-likeness (QED) is 0.222. The fourth-order valence-corrected chi connectivity index (χ4v) is 4.25. The molecule has 1 aliphatic rings. The Morgan fingerprint density at radius 1 is 1.20 bits per heavy atom. The van der Waals surface area contributed by atoms with Crippen molar-refractivity contribution >= 4 is 63.2 Å². The van der Waals surface area contributed by atoms with Gasteiger partial charge in [-0.1, -0.05) is 36.4 Å². The van der Waals surface area contributed by atoms with E-state index in [1.165, 1.54) is 4.90 Å². The van der Waals surface area contributed by atoms with Gasteiger partial charge in [-0.3, -0.25) is 14.5 Å². The van der Waals surface area contributed by atoms with Gasteiger partial charge in [-0.25, -0.2) is 0 Å². The van der Waals surface area contributed by atoms with E-state index < -0.39 is 0 Å². The standard InChI is InChI=1S/C22H19ClINO4S/c1-3-9-29-20-17(23)10-15(11-18(20)28-4-2)12-19-21(26)25(22(27)30-19)13-14-5-7-16(24)8-6-14/h3,5-8,10-12H,1,4,9,13H2,2H3/b19-12+. The summed E-state index contributed by atoms with van der Waals surface area (Å²) in [6.07, 6.45) is 3.26. The first kappa shape index (κ1) is 22.7. The number of rotatable bonds is 8. The minimum Gasteiger partial charge on any atom is -0.490 e. The molecule has 1 heterocycles. The van der Waals surface area contributed by atoms with Crippen LogP contribution in [-0.4, -0.2) is 29.3 Å². The van der Waals surface area contributed by atoms with Gasteiger partial charge in [0, 0.05) is 3.57 Å². The molecule has 0 aliphatic carbocycles. The molecule has 0 spiro atoms.